The second kappa shape index (κ2) is 4.65. The highest BCUT2D eigenvalue weighted by Gasteiger charge is 2.31. The van der Waals surface area contributed by atoms with Crippen molar-refractivity contribution in [3.63, 3.8) is 0 Å². The SMILES string of the molecule is CC(C)(OC=O)c1ccc(OC(F)(F)F)cc1. The van der Waals surface area contributed by atoms with Gasteiger partial charge < -0.3 is 9.47 Å². The van der Waals surface area contributed by atoms with Gasteiger partial charge in [-0.1, -0.05) is 12.1 Å². The zero-order chi connectivity index (χ0) is 13.1. The van der Waals surface area contributed by atoms with Crippen molar-refractivity contribution in [1.29, 1.82) is 0 Å². The Morgan fingerprint density at radius 3 is 2.06 bits per heavy atom. The van der Waals surface area contributed by atoms with E-state index in [9.17, 15) is 18.0 Å². The van der Waals surface area contributed by atoms with Crippen LogP contribution in [0.4, 0.5) is 13.2 Å². The molecule has 1 aromatic carbocycles. The van der Waals surface area contributed by atoms with Crippen LogP contribution in [0.3, 0.4) is 0 Å². The van der Waals surface area contributed by atoms with E-state index in [1.54, 1.807) is 13.8 Å². The van der Waals surface area contributed by atoms with Gasteiger partial charge in [0.15, 0.2) is 0 Å². The van der Waals surface area contributed by atoms with Gasteiger partial charge in [0.1, 0.15) is 11.4 Å². The highest BCUT2D eigenvalue weighted by molar-refractivity contribution is 5.40. The number of hydrogen-bond acceptors (Lipinski definition) is 3. The van der Waals surface area contributed by atoms with Gasteiger partial charge in [0, 0.05) is 0 Å². The Hall–Kier alpha value is -1.72. The molecule has 6 heteroatoms. The van der Waals surface area contributed by atoms with Crippen LogP contribution in [0.1, 0.15) is 19.4 Å². The first-order valence-corrected chi connectivity index (χ1v) is 4.72. The molecule has 0 bridgehead atoms. The van der Waals surface area contributed by atoms with Crippen molar-refractivity contribution in [2.75, 3.05) is 0 Å². The Morgan fingerprint density at radius 1 is 1.12 bits per heavy atom. The van der Waals surface area contributed by atoms with Gasteiger partial charge in [-0.3, -0.25) is 4.79 Å². The van der Waals surface area contributed by atoms with Gasteiger partial charge in [-0.05, 0) is 31.5 Å². The number of carbonyl (C=O) groups is 1. The molecule has 0 N–H and O–H groups in total. The third-order valence-electron chi connectivity index (χ3n) is 2.13. The van der Waals surface area contributed by atoms with Gasteiger partial charge in [-0.2, -0.15) is 0 Å². The molecule has 3 nitrogen and oxygen atoms in total. The van der Waals surface area contributed by atoms with E-state index in [-0.39, 0.29) is 5.75 Å². The topological polar surface area (TPSA) is 35.5 Å². The molecule has 0 saturated carbocycles. The first-order valence-electron chi connectivity index (χ1n) is 4.72. The van der Waals surface area contributed by atoms with Crippen molar-refractivity contribution in [1.82, 2.24) is 0 Å². The first kappa shape index (κ1) is 13.3. The van der Waals surface area contributed by atoms with Crippen LogP contribution in [-0.2, 0) is 15.1 Å². The number of alkyl halides is 3. The van der Waals surface area contributed by atoms with Gasteiger partial charge >= 0.3 is 6.36 Å². The molecule has 0 aliphatic rings. The fourth-order valence-electron chi connectivity index (χ4n) is 1.25. The molecule has 0 fully saturated rings. The van der Waals surface area contributed by atoms with Gasteiger partial charge in [-0.25, -0.2) is 0 Å². The van der Waals surface area contributed by atoms with Crippen molar-refractivity contribution in [3.8, 4) is 5.75 Å². The first-order chi connectivity index (χ1) is 7.74. The highest BCUT2D eigenvalue weighted by Crippen LogP contribution is 2.28. The van der Waals surface area contributed by atoms with Crippen molar-refractivity contribution >= 4 is 6.47 Å². The molecule has 0 heterocycles. The molecule has 0 aromatic heterocycles. The molecule has 17 heavy (non-hydrogen) atoms. The third-order valence-corrected chi connectivity index (χ3v) is 2.13. The van der Waals surface area contributed by atoms with Crippen LogP contribution >= 0.6 is 0 Å². The molecule has 1 rings (SSSR count). The highest BCUT2D eigenvalue weighted by atomic mass is 19.4. The number of ether oxygens (including phenoxy) is 2. The second-order valence-corrected chi connectivity index (χ2v) is 3.80. The quantitative estimate of drug-likeness (QED) is 0.768. The summed E-state index contributed by atoms with van der Waals surface area (Å²) in [6.07, 6.45) is -4.71. The molecule has 0 saturated heterocycles. The van der Waals surface area contributed by atoms with Gasteiger partial charge in [0.25, 0.3) is 6.47 Å². The summed E-state index contributed by atoms with van der Waals surface area (Å²) in [5.74, 6) is -0.317. The molecular weight excluding hydrogens is 237 g/mol. The van der Waals surface area contributed by atoms with Crippen molar-refractivity contribution < 1.29 is 27.4 Å². The van der Waals surface area contributed by atoms with E-state index in [1.807, 2.05) is 0 Å². The Kier molecular flexibility index (Phi) is 3.65. The molecule has 0 atom stereocenters. The fourth-order valence-corrected chi connectivity index (χ4v) is 1.25. The molecule has 0 spiro atoms. The maximum absolute atomic E-state index is 11.9. The van der Waals surface area contributed by atoms with Crippen molar-refractivity contribution in [2.24, 2.45) is 0 Å². The Morgan fingerprint density at radius 2 is 1.65 bits per heavy atom. The Balaban J connectivity index is 2.84. The summed E-state index contributed by atoms with van der Waals surface area (Å²) in [5.41, 5.74) is -0.322. The van der Waals surface area contributed by atoms with Crippen LogP contribution in [0.5, 0.6) is 5.75 Å². The van der Waals surface area contributed by atoms with Crippen molar-refractivity contribution in [2.45, 2.75) is 25.8 Å². The summed E-state index contributed by atoms with van der Waals surface area (Å²) in [4.78, 5) is 10.3. The number of halogens is 3. The summed E-state index contributed by atoms with van der Waals surface area (Å²) >= 11 is 0. The summed E-state index contributed by atoms with van der Waals surface area (Å²) in [6, 6.07) is 5.15. The molecule has 0 aliphatic carbocycles. The van der Waals surface area contributed by atoms with Gasteiger partial charge in [0.05, 0.1) is 0 Å². The largest absolute Gasteiger partial charge is 0.573 e. The van der Waals surface area contributed by atoms with Crippen molar-refractivity contribution in [3.05, 3.63) is 29.8 Å². The van der Waals surface area contributed by atoms with Crippen LogP contribution in [0, 0.1) is 0 Å². The molecule has 1 aromatic rings. The maximum atomic E-state index is 11.9. The van der Waals surface area contributed by atoms with E-state index >= 15 is 0 Å². The predicted octanol–water partition coefficient (Wildman–Crippen LogP) is 2.99. The van der Waals surface area contributed by atoms with Crippen LogP contribution < -0.4 is 4.74 Å². The zero-order valence-electron chi connectivity index (χ0n) is 9.25. The maximum Gasteiger partial charge on any atom is 0.573 e. The Bertz CT molecular complexity index is 382. The minimum atomic E-state index is -4.71. The van der Waals surface area contributed by atoms with E-state index in [4.69, 9.17) is 4.74 Å². The van der Waals surface area contributed by atoms with E-state index in [2.05, 4.69) is 4.74 Å². The van der Waals surface area contributed by atoms with Crippen LogP contribution in [0.2, 0.25) is 0 Å². The van der Waals surface area contributed by atoms with E-state index in [0.29, 0.717) is 12.0 Å². The minimum absolute atomic E-state index is 0.292. The lowest BCUT2D eigenvalue weighted by Gasteiger charge is -2.23. The lowest BCUT2D eigenvalue weighted by molar-refractivity contribution is -0.274. The zero-order valence-corrected chi connectivity index (χ0v) is 9.25. The summed E-state index contributed by atoms with van der Waals surface area (Å²) in [6.45, 7) is 3.54. The number of hydrogen-bond donors (Lipinski definition) is 0. The average molecular weight is 248 g/mol. The predicted molar refractivity (Wildman–Crippen MR) is 53.3 cm³/mol. The molecule has 0 aliphatic heterocycles. The normalized spacial score (nSPS) is 12.1. The Labute approximate surface area is 96.1 Å². The van der Waals surface area contributed by atoms with E-state index in [1.165, 1.54) is 24.3 Å². The molecule has 94 valence electrons. The summed E-state index contributed by atoms with van der Waals surface area (Å²) in [7, 11) is 0. The lowest BCUT2D eigenvalue weighted by atomic mass is 9.98. The second-order valence-electron chi connectivity index (χ2n) is 3.80. The fraction of sp³-hybridized carbons (Fsp3) is 0.364. The molecular formula is C11H11F3O3. The van der Waals surface area contributed by atoms with E-state index < -0.39 is 12.0 Å². The third kappa shape index (κ3) is 3.97. The average Bonchev–Trinajstić information content (AvgIpc) is 2.15. The lowest BCUT2D eigenvalue weighted by Crippen LogP contribution is -2.21. The summed E-state index contributed by atoms with van der Waals surface area (Å²) < 4.78 is 44.2. The van der Waals surface area contributed by atoms with Crippen LogP contribution in [0.25, 0.3) is 0 Å². The number of carbonyl (C=O) groups excluding carboxylic acids is 1. The number of benzene rings is 1. The molecule has 0 amide bonds. The minimum Gasteiger partial charge on any atom is -0.457 e. The monoisotopic (exact) mass is 248 g/mol. The van der Waals surface area contributed by atoms with Gasteiger partial charge in [0.2, 0.25) is 0 Å². The number of rotatable bonds is 4. The smallest absolute Gasteiger partial charge is 0.457 e. The van der Waals surface area contributed by atoms with Crippen LogP contribution in [0.15, 0.2) is 24.3 Å². The van der Waals surface area contributed by atoms with Gasteiger partial charge in [-0.15, -0.1) is 13.2 Å². The molecule has 0 radical (unpaired) electrons. The molecule has 0 unspecified atom stereocenters. The summed E-state index contributed by atoms with van der Waals surface area (Å²) in [5, 5.41) is 0. The standard InChI is InChI=1S/C11H11F3O3/c1-10(2,16-7-15)8-3-5-9(6-4-8)17-11(12,13)14/h3-7H,1-2H3. The van der Waals surface area contributed by atoms with Crippen LogP contribution in [-0.4, -0.2) is 12.8 Å². The van der Waals surface area contributed by atoms with E-state index in [0.717, 1.165) is 0 Å².